The number of aryl methyl sites for hydroxylation is 1. The van der Waals surface area contributed by atoms with Crippen LogP contribution in [0.3, 0.4) is 0 Å². The topological polar surface area (TPSA) is 49.8 Å². The SMILES string of the molecule is Cc1cc(Br)ccc1N1CC(CO)COC1=O. The van der Waals surface area contributed by atoms with E-state index in [-0.39, 0.29) is 18.6 Å². The van der Waals surface area contributed by atoms with Crippen LogP contribution in [0.1, 0.15) is 5.56 Å². The number of halogens is 1. The minimum Gasteiger partial charge on any atom is -0.449 e. The molecule has 1 unspecified atom stereocenters. The normalized spacial score (nSPS) is 20.3. The molecule has 2 rings (SSSR count). The fourth-order valence-electron chi connectivity index (χ4n) is 1.88. The van der Waals surface area contributed by atoms with E-state index in [1.54, 1.807) is 4.90 Å². The molecule has 0 radical (unpaired) electrons. The Labute approximate surface area is 108 Å². The fourth-order valence-corrected chi connectivity index (χ4v) is 2.36. The number of aliphatic hydroxyl groups is 1. The molecule has 1 aromatic carbocycles. The molecule has 0 aromatic heterocycles. The number of hydrogen-bond acceptors (Lipinski definition) is 3. The van der Waals surface area contributed by atoms with Crippen LogP contribution in [0.2, 0.25) is 0 Å². The van der Waals surface area contributed by atoms with Crippen molar-refractivity contribution in [3.63, 3.8) is 0 Å². The zero-order valence-electron chi connectivity index (χ0n) is 9.52. The van der Waals surface area contributed by atoms with Crippen molar-refractivity contribution in [2.75, 3.05) is 24.7 Å². The lowest BCUT2D eigenvalue weighted by Crippen LogP contribution is -2.44. The van der Waals surface area contributed by atoms with Crippen LogP contribution < -0.4 is 4.90 Å². The van der Waals surface area contributed by atoms with Gasteiger partial charge >= 0.3 is 6.09 Å². The summed E-state index contributed by atoms with van der Waals surface area (Å²) in [5.41, 5.74) is 1.83. The standard InChI is InChI=1S/C12H14BrNO3/c1-8-4-10(13)2-3-11(8)14-5-9(6-15)7-17-12(14)16/h2-4,9,15H,5-7H2,1H3. The summed E-state index contributed by atoms with van der Waals surface area (Å²) in [7, 11) is 0. The first kappa shape index (κ1) is 12.4. The summed E-state index contributed by atoms with van der Waals surface area (Å²) < 4.78 is 6.02. The van der Waals surface area contributed by atoms with Gasteiger partial charge in [0, 0.05) is 16.9 Å². The number of aliphatic hydroxyl groups excluding tert-OH is 1. The minimum absolute atomic E-state index is 0.0178. The molecule has 1 atom stereocenters. The van der Waals surface area contributed by atoms with E-state index in [9.17, 15) is 4.79 Å². The summed E-state index contributed by atoms with van der Waals surface area (Å²) in [5, 5.41) is 9.13. The molecule has 4 nitrogen and oxygen atoms in total. The van der Waals surface area contributed by atoms with E-state index < -0.39 is 0 Å². The van der Waals surface area contributed by atoms with Crippen LogP contribution in [-0.4, -0.2) is 31.0 Å². The maximum absolute atomic E-state index is 11.7. The summed E-state index contributed by atoms with van der Waals surface area (Å²) in [6.07, 6.45) is -0.347. The van der Waals surface area contributed by atoms with Gasteiger partial charge in [0.15, 0.2) is 0 Å². The summed E-state index contributed by atoms with van der Waals surface area (Å²) in [6.45, 7) is 2.76. The molecule has 0 aliphatic carbocycles. The zero-order chi connectivity index (χ0) is 12.4. The molecule has 5 heteroatoms. The molecule has 0 spiro atoms. The van der Waals surface area contributed by atoms with Crippen LogP contribution >= 0.6 is 15.9 Å². The second kappa shape index (κ2) is 5.06. The molecule has 92 valence electrons. The van der Waals surface area contributed by atoms with E-state index in [0.717, 1.165) is 15.7 Å². The van der Waals surface area contributed by atoms with Gasteiger partial charge in [-0.2, -0.15) is 0 Å². The molecule has 1 heterocycles. The van der Waals surface area contributed by atoms with Crippen molar-refractivity contribution >= 4 is 27.7 Å². The highest BCUT2D eigenvalue weighted by Gasteiger charge is 2.28. The van der Waals surface area contributed by atoms with Crippen LogP contribution in [0.25, 0.3) is 0 Å². The van der Waals surface area contributed by atoms with E-state index in [1.165, 1.54) is 0 Å². The van der Waals surface area contributed by atoms with Crippen molar-refractivity contribution in [3.05, 3.63) is 28.2 Å². The lowest BCUT2D eigenvalue weighted by Gasteiger charge is -2.32. The Bertz CT molecular complexity index is 436. The minimum atomic E-state index is -0.347. The number of anilines is 1. The predicted octanol–water partition coefficient (Wildman–Crippen LogP) is 2.32. The number of cyclic esters (lactones) is 1. The second-order valence-electron chi connectivity index (χ2n) is 4.17. The van der Waals surface area contributed by atoms with E-state index in [1.807, 2.05) is 25.1 Å². The van der Waals surface area contributed by atoms with E-state index >= 15 is 0 Å². The van der Waals surface area contributed by atoms with Crippen molar-refractivity contribution in [2.24, 2.45) is 5.92 Å². The molecule has 0 bridgehead atoms. The maximum Gasteiger partial charge on any atom is 0.414 e. The average Bonchev–Trinajstić information content (AvgIpc) is 2.30. The molecular formula is C12H14BrNO3. The van der Waals surface area contributed by atoms with Crippen LogP contribution in [0, 0.1) is 12.8 Å². The summed E-state index contributed by atoms with van der Waals surface area (Å²) in [6, 6.07) is 5.71. The molecule has 1 aliphatic rings. The Morgan fingerprint density at radius 2 is 2.35 bits per heavy atom. The number of rotatable bonds is 2. The lowest BCUT2D eigenvalue weighted by atomic mass is 10.1. The molecule has 0 saturated carbocycles. The van der Waals surface area contributed by atoms with Gasteiger partial charge in [-0.15, -0.1) is 0 Å². The lowest BCUT2D eigenvalue weighted by molar-refractivity contribution is 0.0899. The van der Waals surface area contributed by atoms with Gasteiger partial charge in [0.05, 0.1) is 18.9 Å². The van der Waals surface area contributed by atoms with Crippen LogP contribution in [-0.2, 0) is 4.74 Å². The Hall–Kier alpha value is -1.07. The van der Waals surface area contributed by atoms with Crippen LogP contribution in [0.15, 0.2) is 22.7 Å². The fraction of sp³-hybridized carbons (Fsp3) is 0.417. The van der Waals surface area contributed by atoms with Crippen molar-refractivity contribution in [1.82, 2.24) is 0 Å². The monoisotopic (exact) mass is 299 g/mol. The number of carbonyl (C=O) groups excluding carboxylic acids is 1. The smallest absolute Gasteiger partial charge is 0.414 e. The highest BCUT2D eigenvalue weighted by molar-refractivity contribution is 9.10. The summed E-state index contributed by atoms with van der Waals surface area (Å²) in [5.74, 6) is -0.0178. The molecule has 1 aliphatic heterocycles. The summed E-state index contributed by atoms with van der Waals surface area (Å²) >= 11 is 3.39. The molecule has 1 N–H and O–H groups in total. The Morgan fingerprint density at radius 1 is 1.59 bits per heavy atom. The van der Waals surface area contributed by atoms with Crippen LogP contribution in [0.5, 0.6) is 0 Å². The molecule has 17 heavy (non-hydrogen) atoms. The quantitative estimate of drug-likeness (QED) is 0.912. The van der Waals surface area contributed by atoms with Crippen molar-refractivity contribution < 1.29 is 14.6 Å². The number of benzene rings is 1. The Balaban J connectivity index is 2.27. The Kier molecular flexibility index (Phi) is 3.69. The second-order valence-corrected chi connectivity index (χ2v) is 5.08. The van der Waals surface area contributed by atoms with Crippen LogP contribution in [0.4, 0.5) is 10.5 Å². The average molecular weight is 300 g/mol. The number of hydrogen-bond donors (Lipinski definition) is 1. The third-order valence-electron chi connectivity index (χ3n) is 2.81. The summed E-state index contributed by atoms with van der Waals surface area (Å²) in [4.78, 5) is 13.3. The highest BCUT2D eigenvalue weighted by atomic mass is 79.9. The molecular weight excluding hydrogens is 286 g/mol. The first-order valence-corrected chi connectivity index (χ1v) is 6.22. The van der Waals surface area contributed by atoms with Gasteiger partial charge < -0.3 is 9.84 Å². The molecule has 1 saturated heterocycles. The first-order chi connectivity index (χ1) is 8.11. The van der Waals surface area contributed by atoms with Gasteiger partial charge in [0.1, 0.15) is 0 Å². The number of nitrogens with zero attached hydrogens (tertiary/aromatic N) is 1. The number of carbonyl (C=O) groups is 1. The van der Waals surface area contributed by atoms with Gasteiger partial charge in [-0.05, 0) is 30.7 Å². The third-order valence-corrected chi connectivity index (χ3v) is 3.30. The molecule has 1 aromatic rings. The van der Waals surface area contributed by atoms with Crippen molar-refractivity contribution in [3.8, 4) is 0 Å². The first-order valence-electron chi connectivity index (χ1n) is 5.43. The van der Waals surface area contributed by atoms with E-state index in [0.29, 0.717) is 13.2 Å². The highest BCUT2D eigenvalue weighted by Crippen LogP contribution is 2.27. The Morgan fingerprint density at radius 3 is 3.00 bits per heavy atom. The van der Waals surface area contributed by atoms with E-state index in [2.05, 4.69) is 15.9 Å². The van der Waals surface area contributed by atoms with Gasteiger partial charge in [0.25, 0.3) is 0 Å². The molecule has 1 fully saturated rings. The van der Waals surface area contributed by atoms with Gasteiger partial charge in [-0.1, -0.05) is 15.9 Å². The molecule has 1 amide bonds. The van der Waals surface area contributed by atoms with Gasteiger partial charge in [-0.3, -0.25) is 4.90 Å². The number of amides is 1. The van der Waals surface area contributed by atoms with Gasteiger partial charge in [-0.25, -0.2) is 4.79 Å². The largest absolute Gasteiger partial charge is 0.449 e. The number of ether oxygens (including phenoxy) is 1. The maximum atomic E-state index is 11.7. The third kappa shape index (κ3) is 2.61. The van der Waals surface area contributed by atoms with E-state index in [4.69, 9.17) is 9.84 Å². The zero-order valence-corrected chi connectivity index (χ0v) is 11.1. The van der Waals surface area contributed by atoms with Crippen molar-refractivity contribution in [2.45, 2.75) is 6.92 Å². The van der Waals surface area contributed by atoms with Gasteiger partial charge in [0.2, 0.25) is 0 Å². The predicted molar refractivity (Wildman–Crippen MR) is 68.1 cm³/mol. The van der Waals surface area contributed by atoms with Crippen molar-refractivity contribution in [1.29, 1.82) is 0 Å².